The Balaban J connectivity index is 2.04. The van der Waals surface area contributed by atoms with Crippen molar-refractivity contribution in [2.45, 2.75) is 39.0 Å². The monoisotopic (exact) mass is 259 g/mol. The Morgan fingerprint density at radius 2 is 2.05 bits per heavy atom. The van der Waals surface area contributed by atoms with Gasteiger partial charge in [0.2, 0.25) is 5.91 Å². The molecule has 1 atom stereocenters. The summed E-state index contributed by atoms with van der Waals surface area (Å²) in [5, 5.41) is 2.76. The van der Waals surface area contributed by atoms with Crippen LogP contribution in [0.25, 0.3) is 0 Å². The maximum Gasteiger partial charge on any atom is 0.230 e. The predicted molar refractivity (Wildman–Crippen MR) is 75.1 cm³/mol. The molecule has 1 unspecified atom stereocenters. The van der Waals surface area contributed by atoms with Crippen molar-refractivity contribution in [3.05, 3.63) is 35.4 Å². The van der Waals surface area contributed by atoms with E-state index in [9.17, 15) is 9.59 Å². The van der Waals surface area contributed by atoms with Gasteiger partial charge in [0, 0.05) is 12.1 Å². The number of rotatable bonds is 5. The summed E-state index contributed by atoms with van der Waals surface area (Å²) in [5.41, 5.74) is 1.91. The summed E-state index contributed by atoms with van der Waals surface area (Å²) in [4.78, 5) is 24.0. The van der Waals surface area contributed by atoms with E-state index in [0.29, 0.717) is 18.5 Å². The van der Waals surface area contributed by atoms with E-state index in [2.05, 4.69) is 12.2 Å². The minimum absolute atomic E-state index is 0.0424. The molecule has 1 aromatic rings. The lowest BCUT2D eigenvalue weighted by Crippen LogP contribution is -2.40. The van der Waals surface area contributed by atoms with Crippen LogP contribution in [0.4, 0.5) is 0 Å². The van der Waals surface area contributed by atoms with E-state index in [1.165, 1.54) is 18.4 Å². The number of unbranched alkanes of at least 4 members (excludes halogenated alkanes) is 1. The zero-order valence-electron chi connectivity index (χ0n) is 11.4. The van der Waals surface area contributed by atoms with Crippen molar-refractivity contribution < 1.29 is 9.59 Å². The van der Waals surface area contributed by atoms with Crippen molar-refractivity contribution in [1.29, 1.82) is 0 Å². The zero-order valence-corrected chi connectivity index (χ0v) is 11.4. The van der Waals surface area contributed by atoms with Gasteiger partial charge in [-0.1, -0.05) is 37.6 Å². The van der Waals surface area contributed by atoms with Crippen molar-refractivity contribution in [3.63, 3.8) is 0 Å². The van der Waals surface area contributed by atoms with Crippen LogP contribution in [0.5, 0.6) is 0 Å². The van der Waals surface area contributed by atoms with Crippen molar-refractivity contribution in [2.24, 2.45) is 5.92 Å². The molecule has 0 radical (unpaired) electrons. The Morgan fingerprint density at radius 1 is 1.32 bits per heavy atom. The molecule has 102 valence electrons. The van der Waals surface area contributed by atoms with E-state index in [4.69, 9.17) is 0 Å². The number of Topliss-reactive ketones (excluding diaryl/α,β-unsaturated/α-hetero) is 1. The Labute approximate surface area is 114 Å². The normalized spacial score (nSPS) is 19.0. The molecule has 1 aliphatic rings. The SMILES string of the molecule is CCCCc1ccc(C(=O)C2CCCNC2=O)cc1. The second-order valence-electron chi connectivity index (χ2n) is 5.15. The first-order valence-corrected chi connectivity index (χ1v) is 7.13. The average Bonchev–Trinajstić information content (AvgIpc) is 2.45. The van der Waals surface area contributed by atoms with Crippen LogP contribution in [-0.4, -0.2) is 18.2 Å². The number of amides is 1. The highest BCUT2D eigenvalue weighted by Gasteiger charge is 2.29. The Hall–Kier alpha value is -1.64. The zero-order chi connectivity index (χ0) is 13.7. The van der Waals surface area contributed by atoms with Crippen LogP contribution in [0.1, 0.15) is 48.5 Å². The molecule has 0 aliphatic carbocycles. The molecular formula is C16H21NO2. The maximum atomic E-state index is 12.3. The molecular weight excluding hydrogens is 238 g/mol. The molecule has 3 heteroatoms. The van der Waals surface area contributed by atoms with Gasteiger partial charge >= 0.3 is 0 Å². The third-order valence-corrected chi connectivity index (χ3v) is 3.66. The van der Waals surface area contributed by atoms with E-state index >= 15 is 0 Å². The Bertz CT molecular complexity index is 450. The largest absolute Gasteiger partial charge is 0.355 e. The standard InChI is InChI=1S/C16H21NO2/c1-2-3-5-12-7-9-13(10-8-12)15(18)14-6-4-11-17-16(14)19/h7-10,14H,2-6,11H2,1H3,(H,17,19). The van der Waals surface area contributed by atoms with Gasteiger partial charge < -0.3 is 5.32 Å². The van der Waals surface area contributed by atoms with Gasteiger partial charge in [-0.05, 0) is 31.2 Å². The smallest absolute Gasteiger partial charge is 0.230 e. The quantitative estimate of drug-likeness (QED) is 0.653. The number of ketones is 1. The second-order valence-corrected chi connectivity index (χ2v) is 5.15. The molecule has 1 aromatic carbocycles. The molecule has 1 saturated heterocycles. The van der Waals surface area contributed by atoms with Crippen LogP contribution in [-0.2, 0) is 11.2 Å². The van der Waals surface area contributed by atoms with E-state index in [1.807, 2.05) is 24.3 Å². The topological polar surface area (TPSA) is 46.2 Å². The summed E-state index contributed by atoms with van der Waals surface area (Å²) in [7, 11) is 0. The molecule has 0 spiro atoms. The van der Waals surface area contributed by atoms with Crippen LogP contribution in [0.2, 0.25) is 0 Å². The number of piperidine rings is 1. The summed E-state index contributed by atoms with van der Waals surface area (Å²) in [6.07, 6.45) is 4.94. The molecule has 1 fully saturated rings. The molecule has 1 heterocycles. The second kappa shape index (κ2) is 6.50. The highest BCUT2D eigenvalue weighted by Crippen LogP contribution is 2.18. The number of aryl methyl sites for hydroxylation is 1. The lowest BCUT2D eigenvalue weighted by molar-refractivity contribution is -0.124. The van der Waals surface area contributed by atoms with Crippen LogP contribution in [0, 0.1) is 5.92 Å². The molecule has 3 nitrogen and oxygen atoms in total. The average molecular weight is 259 g/mol. The van der Waals surface area contributed by atoms with Gasteiger partial charge in [-0.25, -0.2) is 0 Å². The lowest BCUT2D eigenvalue weighted by Gasteiger charge is -2.20. The Kier molecular flexibility index (Phi) is 4.72. The van der Waals surface area contributed by atoms with Crippen LogP contribution in [0.3, 0.4) is 0 Å². The molecule has 0 bridgehead atoms. The molecule has 1 amide bonds. The fourth-order valence-electron chi connectivity index (χ4n) is 2.44. The van der Waals surface area contributed by atoms with Crippen LogP contribution in [0.15, 0.2) is 24.3 Å². The van der Waals surface area contributed by atoms with E-state index in [0.717, 1.165) is 12.8 Å². The number of carbonyl (C=O) groups is 2. The van der Waals surface area contributed by atoms with Gasteiger partial charge in [0.05, 0.1) is 0 Å². The first kappa shape index (κ1) is 13.8. The van der Waals surface area contributed by atoms with E-state index in [1.54, 1.807) is 0 Å². The molecule has 1 aliphatic heterocycles. The molecule has 1 N–H and O–H groups in total. The summed E-state index contributed by atoms with van der Waals surface area (Å²) < 4.78 is 0. The molecule has 19 heavy (non-hydrogen) atoms. The van der Waals surface area contributed by atoms with E-state index < -0.39 is 5.92 Å². The maximum absolute atomic E-state index is 12.3. The van der Waals surface area contributed by atoms with Gasteiger partial charge in [-0.3, -0.25) is 9.59 Å². The minimum Gasteiger partial charge on any atom is -0.355 e. The third-order valence-electron chi connectivity index (χ3n) is 3.66. The van der Waals surface area contributed by atoms with Crippen molar-refractivity contribution in [1.82, 2.24) is 5.32 Å². The summed E-state index contributed by atoms with van der Waals surface area (Å²) in [5.74, 6) is -0.652. The van der Waals surface area contributed by atoms with Crippen molar-refractivity contribution in [2.75, 3.05) is 6.54 Å². The first-order chi connectivity index (χ1) is 9.22. The summed E-state index contributed by atoms with van der Waals surface area (Å²) >= 11 is 0. The van der Waals surface area contributed by atoms with Crippen molar-refractivity contribution >= 4 is 11.7 Å². The number of benzene rings is 1. The van der Waals surface area contributed by atoms with E-state index in [-0.39, 0.29) is 11.7 Å². The van der Waals surface area contributed by atoms with Gasteiger partial charge in [-0.2, -0.15) is 0 Å². The van der Waals surface area contributed by atoms with Crippen molar-refractivity contribution in [3.8, 4) is 0 Å². The lowest BCUT2D eigenvalue weighted by atomic mass is 9.90. The highest BCUT2D eigenvalue weighted by atomic mass is 16.2. The number of hydrogen-bond donors (Lipinski definition) is 1. The summed E-state index contributed by atoms with van der Waals surface area (Å²) in [6, 6.07) is 7.72. The fourth-order valence-corrected chi connectivity index (χ4v) is 2.44. The third kappa shape index (κ3) is 3.43. The van der Waals surface area contributed by atoms with Gasteiger partial charge in [0.25, 0.3) is 0 Å². The van der Waals surface area contributed by atoms with Gasteiger partial charge in [0.15, 0.2) is 5.78 Å². The molecule has 0 aromatic heterocycles. The number of carbonyl (C=O) groups excluding carboxylic acids is 2. The highest BCUT2D eigenvalue weighted by molar-refractivity contribution is 6.10. The molecule has 2 rings (SSSR count). The minimum atomic E-state index is -0.491. The number of nitrogens with one attached hydrogen (secondary N) is 1. The van der Waals surface area contributed by atoms with Crippen LogP contribution >= 0.6 is 0 Å². The fraction of sp³-hybridized carbons (Fsp3) is 0.500. The summed E-state index contributed by atoms with van der Waals surface area (Å²) in [6.45, 7) is 2.86. The first-order valence-electron chi connectivity index (χ1n) is 7.13. The number of hydrogen-bond acceptors (Lipinski definition) is 2. The predicted octanol–water partition coefficient (Wildman–Crippen LogP) is 2.74. The van der Waals surface area contributed by atoms with Gasteiger partial charge in [-0.15, -0.1) is 0 Å². The Morgan fingerprint density at radius 3 is 2.68 bits per heavy atom. The van der Waals surface area contributed by atoms with Crippen LogP contribution < -0.4 is 5.32 Å². The molecule has 0 saturated carbocycles. The van der Waals surface area contributed by atoms with Gasteiger partial charge in [0.1, 0.15) is 5.92 Å².